The van der Waals surface area contributed by atoms with Crippen LogP contribution in [0.25, 0.3) is 0 Å². The van der Waals surface area contributed by atoms with Gasteiger partial charge in [-0.2, -0.15) is 0 Å². The van der Waals surface area contributed by atoms with Gasteiger partial charge in [0.25, 0.3) is 5.91 Å². The highest BCUT2D eigenvalue weighted by Crippen LogP contribution is 2.27. The summed E-state index contributed by atoms with van der Waals surface area (Å²) >= 11 is 5.96. The van der Waals surface area contributed by atoms with Gasteiger partial charge in [0.05, 0.1) is 5.02 Å². The fraction of sp³-hybridized carbons (Fsp3) is 0.600. The normalized spacial score (nSPS) is 22.3. The molecule has 1 aliphatic heterocycles. The number of nitrogens with zero attached hydrogens (tertiary/aromatic N) is 2. The van der Waals surface area contributed by atoms with E-state index >= 15 is 0 Å². The molecule has 1 aromatic rings. The number of amides is 1. The van der Waals surface area contributed by atoms with Gasteiger partial charge in [0.15, 0.2) is 0 Å². The summed E-state index contributed by atoms with van der Waals surface area (Å²) in [4.78, 5) is 25.7. The monoisotopic (exact) mass is 312 g/mol. The number of aliphatic carboxylic acids is 1. The van der Waals surface area contributed by atoms with Crippen molar-refractivity contribution in [3.05, 3.63) is 23.0 Å². The molecular formula is C15H21ClN2O3. The Balaban J connectivity index is 2.26. The third-order valence-electron chi connectivity index (χ3n) is 4.26. The van der Waals surface area contributed by atoms with Crippen molar-refractivity contribution >= 4 is 23.5 Å². The number of halogens is 1. The minimum Gasteiger partial charge on any atom is -0.480 e. The quantitative estimate of drug-likeness (QED) is 0.930. The highest BCUT2D eigenvalue weighted by Gasteiger charge is 2.36. The molecule has 2 atom stereocenters. The van der Waals surface area contributed by atoms with Gasteiger partial charge in [-0.3, -0.25) is 4.79 Å². The number of carboxylic acid groups (broad SMARTS) is 1. The standard InChI is InChI=1S/C15H21ClN2O3/c1-3-10-5-6-18(13(7-10)15(20)21)14(19)12-8-11(16)9-17(12)4-2/h8-10,13H,3-7H2,1-2H3,(H,20,21). The molecule has 0 saturated carbocycles. The minimum absolute atomic E-state index is 0.245. The molecule has 6 heteroatoms. The van der Waals surface area contributed by atoms with Crippen LogP contribution in [0.4, 0.5) is 0 Å². The average Bonchev–Trinajstić information content (AvgIpc) is 2.86. The van der Waals surface area contributed by atoms with Crippen LogP contribution in [0, 0.1) is 5.92 Å². The second kappa shape index (κ2) is 6.52. The Kier molecular flexibility index (Phi) is 4.93. The van der Waals surface area contributed by atoms with Crippen LogP contribution in [0.2, 0.25) is 5.02 Å². The SMILES string of the molecule is CCC1CCN(C(=O)c2cc(Cl)cn2CC)C(C(=O)O)C1. The van der Waals surface area contributed by atoms with Crippen molar-refractivity contribution in [3.63, 3.8) is 0 Å². The third-order valence-corrected chi connectivity index (χ3v) is 4.46. The van der Waals surface area contributed by atoms with Crippen molar-refractivity contribution in [1.29, 1.82) is 0 Å². The van der Waals surface area contributed by atoms with E-state index in [-0.39, 0.29) is 5.91 Å². The molecule has 2 heterocycles. The summed E-state index contributed by atoms with van der Waals surface area (Å²) in [5.41, 5.74) is 0.462. The van der Waals surface area contributed by atoms with E-state index in [0.717, 1.165) is 12.8 Å². The Bertz CT molecular complexity index is 541. The molecule has 0 bridgehead atoms. The number of likely N-dealkylation sites (tertiary alicyclic amines) is 1. The first-order valence-corrected chi connectivity index (χ1v) is 7.75. The van der Waals surface area contributed by atoms with Gasteiger partial charge in [-0.15, -0.1) is 0 Å². The zero-order chi connectivity index (χ0) is 15.6. The molecule has 116 valence electrons. The Morgan fingerprint density at radius 2 is 2.14 bits per heavy atom. The van der Waals surface area contributed by atoms with Gasteiger partial charge in [0, 0.05) is 19.3 Å². The first kappa shape index (κ1) is 15.9. The van der Waals surface area contributed by atoms with Crippen LogP contribution >= 0.6 is 11.6 Å². The largest absolute Gasteiger partial charge is 0.480 e. The van der Waals surface area contributed by atoms with Crippen LogP contribution in [0.5, 0.6) is 0 Å². The van der Waals surface area contributed by atoms with Crippen molar-refractivity contribution in [3.8, 4) is 0 Å². The van der Waals surface area contributed by atoms with Gasteiger partial charge in [-0.05, 0) is 31.7 Å². The van der Waals surface area contributed by atoms with E-state index < -0.39 is 12.0 Å². The Morgan fingerprint density at radius 3 is 2.71 bits per heavy atom. The van der Waals surface area contributed by atoms with E-state index in [4.69, 9.17) is 11.6 Å². The number of aryl methyl sites for hydroxylation is 1. The molecule has 1 N–H and O–H groups in total. The predicted molar refractivity (Wildman–Crippen MR) is 80.6 cm³/mol. The lowest BCUT2D eigenvalue weighted by atomic mass is 9.88. The summed E-state index contributed by atoms with van der Waals surface area (Å²) < 4.78 is 1.76. The number of carboxylic acids is 1. The number of piperidine rings is 1. The second-order valence-corrected chi connectivity index (χ2v) is 5.92. The molecule has 5 nitrogen and oxygen atoms in total. The Labute approximate surface area is 129 Å². The molecule has 21 heavy (non-hydrogen) atoms. The molecule has 2 unspecified atom stereocenters. The van der Waals surface area contributed by atoms with Crippen molar-refractivity contribution in [1.82, 2.24) is 9.47 Å². The van der Waals surface area contributed by atoms with Gasteiger partial charge in [0.2, 0.25) is 0 Å². The molecule has 0 radical (unpaired) electrons. The Hall–Kier alpha value is -1.49. The van der Waals surface area contributed by atoms with Crippen molar-refractivity contribution in [2.75, 3.05) is 6.54 Å². The maximum absolute atomic E-state index is 12.7. The van der Waals surface area contributed by atoms with Gasteiger partial charge in [-0.1, -0.05) is 24.9 Å². The van der Waals surface area contributed by atoms with Gasteiger partial charge in [0.1, 0.15) is 11.7 Å². The zero-order valence-corrected chi connectivity index (χ0v) is 13.1. The summed E-state index contributed by atoms with van der Waals surface area (Å²) in [7, 11) is 0. The average molecular weight is 313 g/mol. The molecule has 1 fully saturated rings. The number of carbonyl (C=O) groups is 2. The molecule has 1 aliphatic rings. The first-order valence-electron chi connectivity index (χ1n) is 7.37. The number of hydrogen-bond acceptors (Lipinski definition) is 2. The van der Waals surface area contributed by atoms with Crippen molar-refractivity contribution in [2.24, 2.45) is 5.92 Å². The number of hydrogen-bond donors (Lipinski definition) is 1. The van der Waals surface area contributed by atoms with Crippen LogP contribution in [-0.2, 0) is 11.3 Å². The van der Waals surface area contributed by atoms with Gasteiger partial charge < -0.3 is 14.6 Å². The van der Waals surface area contributed by atoms with E-state index in [2.05, 4.69) is 6.92 Å². The fourth-order valence-corrected chi connectivity index (χ4v) is 3.17. The van der Waals surface area contributed by atoms with Crippen LogP contribution in [0.15, 0.2) is 12.3 Å². The van der Waals surface area contributed by atoms with Crippen LogP contribution in [0.3, 0.4) is 0 Å². The first-order chi connectivity index (χ1) is 9.97. The van der Waals surface area contributed by atoms with E-state index in [1.807, 2.05) is 6.92 Å². The summed E-state index contributed by atoms with van der Waals surface area (Å²) in [6, 6.07) is 0.869. The van der Waals surface area contributed by atoms with Crippen molar-refractivity contribution in [2.45, 2.75) is 45.7 Å². The lowest BCUT2D eigenvalue weighted by Gasteiger charge is -2.37. The van der Waals surface area contributed by atoms with E-state index in [1.165, 1.54) is 4.90 Å². The molecule has 0 spiro atoms. The molecular weight excluding hydrogens is 292 g/mol. The summed E-state index contributed by atoms with van der Waals surface area (Å²) in [5, 5.41) is 9.92. The van der Waals surface area contributed by atoms with Gasteiger partial charge in [-0.25, -0.2) is 4.79 Å². The summed E-state index contributed by atoms with van der Waals surface area (Å²) in [6.45, 7) is 5.09. The number of rotatable bonds is 4. The second-order valence-electron chi connectivity index (χ2n) is 5.48. The van der Waals surface area contributed by atoms with Crippen LogP contribution < -0.4 is 0 Å². The topological polar surface area (TPSA) is 62.5 Å². The third kappa shape index (κ3) is 3.23. The smallest absolute Gasteiger partial charge is 0.326 e. The van der Waals surface area contributed by atoms with Crippen LogP contribution in [0.1, 0.15) is 43.6 Å². The molecule has 1 saturated heterocycles. The molecule has 1 aromatic heterocycles. The van der Waals surface area contributed by atoms with E-state index in [9.17, 15) is 14.7 Å². The summed E-state index contributed by atoms with van der Waals surface area (Å²) in [5.74, 6) is -0.801. The number of carbonyl (C=O) groups excluding carboxylic acids is 1. The minimum atomic E-state index is -0.929. The van der Waals surface area contributed by atoms with E-state index in [0.29, 0.717) is 36.1 Å². The predicted octanol–water partition coefficient (Wildman–Crippen LogP) is 2.88. The number of aromatic nitrogens is 1. The van der Waals surface area contributed by atoms with Crippen LogP contribution in [-0.4, -0.2) is 39.0 Å². The van der Waals surface area contributed by atoms with E-state index in [1.54, 1.807) is 16.8 Å². The Morgan fingerprint density at radius 1 is 1.43 bits per heavy atom. The molecule has 0 aromatic carbocycles. The zero-order valence-electron chi connectivity index (χ0n) is 12.4. The molecule has 1 amide bonds. The fourth-order valence-electron chi connectivity index (χ4n) is 2.95. The van der Waals surface area contributed by atoms with Crippen molar-refractivity contribution < 1.29 is 14.7 Å². The summed E-state index contributed by atoms with van der Waals surface area (Å²) in [6.07, 6.45) is 4.02. The highest BCUT2D eigenvalue weighted by atomic mass is 35.5. The molecule has 2 rings (SSSR count). The highest BCUT2D eigenvalue weighted by molar-refractivity contribution is 6.31. The van der Waals surface area contributed by atoms with Gasteiger partial charge >= 0.3 is 5.97 Å². The molecule has 0 aliphatic carbocycles. The lowest BCUT2D eigenvalue weighted by molar-refractivity contribution is -0.144. The maximum atomic E-state index is 12.7. The maximum Gasteiger partial charge on any atom is 0.326 e. The lowest BCUT2D eigenvalue weighted by Crippen LogP contribution is -2.50.